The summed E-state index contributed by atoms with van der Waals surface area (Å²) in [6.07, 6.45) is 3.17. The van der Waals surface area contributed by atoms with Crippen LogP contribution in [0.3, 0.4) is 0 Å². The van der Waals surface area contributed by atoms with E-state index >= 15 is 0 Å². The third-order valence-electron chi connectivity index (χ3n) is 1.96. The van der Waals surface area contributed by atoms with Gasteiger partial charge in [-0.25, -0.2) is 9.78 Å². The summed E-state index contributed by atoms with van der Waals surface area (Å²) in [6.45, 7) is 0. The van der Waals surface area contributed by atoms with Gasteiger partial charge in [-0.1, -0.05) is 11.6 Å². The van der Waals surface area contributed by atoms with Gasteiger partial charge in [0, 0.05) is 11.6 Å². The van der Waals surface area contributed by atoms with E-state index in [0.717, 1.165) is 5.39 Å². The Labute approximate surface area is 90.9 Å². The van der Waals surface area contributed by atoms with Crippen molar-refractivity contribution in [3.05, 3.63) is 35.2 Å². The highest BCUT2D eigenvalue weighted by Gasteiger charge is 2.10. The second kappa shape index (κ2) is 3.82. The molecule has 2 heterocycles. The van der Waals surface area contributed by atoms with Crippen molar-refractivity contribution in [2.24, 2.45) is 0 Å². The highest BCUT2D eigenvalue weighted by molar-refractivity contribution is 6.35. The molecular formula is C10H7ClN2O2. The van der Waals surface area contributed by atoms with Crippen LogP contribution < -0.4 is 0 Å². The van der Waals surface area contributed by atoms with Crippen molar-refractivity contribution in [2.45, 2.75) is 0 Å². The minimum Gasteiger partial charge on any atom is -0.464 e. The maximum atomic E-state index is 11.2. The zero-order chi connectivity index (χ0) is 10.8. The van der Waals surface area contributed by atoms with E-state index in [1.165, 1.54) is 13.2 Å². The van der Waals surface area contributed by atoms with Crippen LogP contribution >= 0.6 is 11.6 Å². The molecule has 0 radical (unpaired) electrons. The van der Waals surface area contributed by atoms with E-state index in [-0.39, 0.29) is 5.69 Å². The third-order valence-corrected chi connectivity index (χ3v) is 2.27. The number of halogens is 1. The van der Waals surface area contributed by atoms with Crippen molar-refractivity contribution in [1.82, 2.24) is 9.97 Å². The van der Waals surface area contributed by atoms with Gasteiger partial charge in [0.05, 0.1) is 23.8 Å². The van der Waals surface area contributed by atoms with Crippen molar-refractivity contribution >= 4 is 28.5 Å². The quantitative estimate of drug-likeness (QED) is 0.693. The van der Waals surface area contributed by atoms with Crippen molar-refractivity contribution < 1.29 is 9.53 Å². The highest BCUT2D eigenvalue weighted by atomic mass is 35.5. The minimum atomic E-state index is -0.511. The maximum absolute atomic E-state index is 11.2. The van der Waals surface area contributed by atoms with Crippen molar-refractivity contribution in [3.63, 3.8) is 0 Å². The van der Waals surface area contributed by atoms with Gasteiger partial charge in [0.2, 0.25) is 0 Å². The highest BCUT2D eigenvalue weighted by Crippen LogP contribution is 2.22. The average Bonchev–Trinajstić information content (AvgIpc) is 2.28. The number of nitrogens with zero attached hydrogens (tertiary/aromatic N) is 2. The van der Waals surface area contributed by atoms with Crippen LogP contribution in [0.1, 0.15) is 10.5 Å². The van der Waals surface area contributed by atoms with Gasteiger partial charge < -0.3 is 4.74 Å². The second-order valence-electron chi connectivity index (χ2n) is 2.87. The number of hydrogen-bond donors (Lipinski definition) is 0. The summed E-state index contributed by atoms with van der Waals surface area (Å²) in [5.74, 6) is -0.511. The largest absolute Gasteiger partial charge is 0.464 e. The van der Waals surface area contributed by atoms with Crippen LogP contribution in [0.15, 0.2) is 24.5 Å². The molecule has 0 N–H and O–H groups in total. The van der Waals surface area contributed by atoms with Gasteiger partial charge in [0.1, 0.15) is 0 Å². The Morgan fingerprint density at radius 3 is 3.07 bits per heavy atom. The first-order chi connectivity index (χ1) is 7.22. The molecule has 2 rings (SSSR count). The summed E-state index contributed by atoms with van der Waals surface area (Å²) in [5, 5.41) is 1.22. The number of carbonyl (C=O) groups excluding carboxylic acids is 1. The number of esters is 1. The summed E-state index contributed by atoms with van der Waals surface area (Å²) < 4.78 is 4.56. The van der Waals surface area contributed by atoms with E-state index in [1.54, 1.807) is 18.5 Å². The lowest BCUT2D eigenvalue weighted by molar-refractivity contribution is 0.0594. The molecule has 0 aliphatic heterocycles. The molecule has 0 saturated heterocycles. The smallest absolute Gasteiger partial charge is 0.356 e. The van der Waals surface area contributed by atoms with Crippen LogP contribution in [0, 0.1) is 0 Å². The molecule has 4 nitrogen and oxygen atoms in total. The van der Waals surface area contributed by atoms with Crippen LogP contribution in [0.5, 0.6) is 0 Å². The average molecular weight is 223 g/mol. The zero-order valence-electron chi connectivity index (χ0n) is 7.90. The lowest BCUT2D eigenvalue weighted by Gasteiger charge is -2.02. The number of pyridine rings is 2. The summed E-state index contributed by atoms with van der Waals surface area (Å²) in [7, 11) is 1.30. The van der Waals surface area contributed by atoms with Crippen LogP contribution in [0.2, 0.25) is 5.02 Å². The molecule has 0 atom stereocenters. The van der Waals surface area contributed by atoms with E-state index in [9.17, 15) is 4.79 Å². The SMILES string of the molecule is COC(=O)c1cc(Cl)c2ccncc2n1. The first kappa shape index (κ1) is 9.86. The van der Waals surface area contributed by atoms with Crippen molar-refractivity contribution in [1.29, 1.82) is 0 Å². The molecule has 0 spiro atoms. The van der Waals surface area contributed by atoms with Crippen LogP contribution in [0.4, 0.5) is 0 Å². The Morgan fingerprint density at radius 2 is 2.33 bits per heavy atom. The van der Waals surface area contributed by atoms with E-state index in [1.807, 2.05) is 0 Å². The predicted octanol–water partition coefficient (Wildman–Crippen LogP) is 2.07. The number of rotatable bonds is 1. The van der Waals surface area contributed by atoms with Gasteiger partial charge in [0.15, 0.2) is 5.69 Å². The minimum absolute atomic E-state index is 0.183. The van der Waals surface area contributed by atoms with Crippen molar-refractivity contribution in [2.75, 3.05) is 7.11 Å². The molecule has 5 heteroatoms. The number of aromatic nitrogens is 2. The summed E-state index contributed by atoms with van der Waals surface area (Å²) >= 11 is 5.99. The van der Waals surface area contributed by atoms with Crippen LogP contribution in [-0.4, -0.2) is 23.0 Å². The monoisotopic (exact) mass is 222 g/mol. The van der Waals surface area contributed by atoms with E-state index < -0.39 is 5.97 Å². The topological polar surface area (TPSA) is 52.1 Å². The number of carbonyl (C=O) groups is 1. The zero-order valence-corrected chi connectivity index (χ0v) is 8.65. The molecule has 0 saturated carbocycles. The van der Waals surface area contributed by atoms with Crippen LogP contribution in [-0.2, 0) is 4.74 Å². The molecule has 0 bridgehead atoms. The first-order valence-electron chi connectivity index (χ1n) is 4.21. The first-order valence-corrected chi connectivity index (χ1v) is 4.59. The Morgan fingerprint density at radius 1 is 1.53 bits per heavy atom. The molecule has 0 aliphatic carbocycles. The normalized spacial score (nSPS) is 10.3. The number of fused-ring (bicyclic) bond motifs is 1. The van der Waals surface area contributed by atoms with Gasteiger partial charge in [0.25, 0.3) is 0 Å². The molecule has 0 aromatic carbocycles. The van der Waals surface area contributed by atoms with E-state index in [0.29, 0.717) is 10.5 Å². The Bertz CT molecular complexity index is 528. The van der Waals surface area contributed by atoms with E-state index in [4.69, 9.17) is 11.6 Å². The maximum Gasteiger partial charge on any atom is 0.356 e. The fourth-order valence-electron chi connectivity index (χ4n) is 1.25. The van der Waals surface area contributed by atoms with Crippen LogP contribution in [0.25, 0.3) is 10.9 Å². The molecule has 2 aromatic rings. The molecular weight excluding hydrogens is 216 g/mol. The molecule has 15 heavy (non-hydrogen) atoms. The molecule has 0 fully saturated rings. The lowest BCUT2D eigenvalue weighted by atomic mass is 10.2. The van der Waals surface area contributed by atoms with Gasteiger partial charge in [-0.15, -0.1) is 0 Å². The fourth-order valence-corrected chi connectivity index (χ4v) is 1.51. The Balaban J connectivity index is 2.67. The van der Waals surface area contributed by atoms with Gasteiger partial charge >= 0.3 is 5.97 Å². The second-order valence-corrected chi connectivity index (χ2v) is 3.28. The molecule has 76 valence electrons. The standard InChI is InChI=1S/C10H7ClN2O2/c1-15-10(14)8-4-7(11)6-2-3-12-5-9(6)13-8/h2-5H,1H3. The fraction of sp³-hybridized carbons (Fsp3) is 0.100. The predicted molar refractivity (Wildman–Crippen MR) is 55.9 cm³/mol. The van der Waals surface area contributed by atoms with E-state index in [2.05, 4.69) is 14.7 Å². The summed E-state index contributed by atoms with van der Waals surface area (Å²) in [4.78, 5) is 19.2. The Kier molecular flexibility index (Phi) is 2.51. The number of ether oxygens (including phenoxy) is 1. The Hall–Kier alpha value is -1.68. The lowest BCUT2D eigenvalue weighted by Crippen LogP contribution is -2.04. The third kappa shape index (κ3) is 1.76. The molecule has 2 aromatic heterocycles. The molecule has 0 unspecified atom stereocenters. The summed E-state index contributed by atoms with van der Waals surface area (Å²) in [6, 6.07) is 3.22. The number of methoxy groups -OCH3 is 1. The molecule has 0 amide bonds. The summed E-state index contributed by atoms with van der Waals surface area (Å²) in [5.41, 5.74) is 0.758. The van der Waals surface area contributed by atoms with Crippen molar-refractivity contribution in [3.8, 4) is 0 Å². The van der Waals surface area contributed by atoms with Gasteiger partial charge in [-0.3, -0.25) is 4.98 Å². The van der Waals surface area contributed by atoms with Gasteiger partial charge in [-0.2, -0.15) is 0 Å². The molecule has 0 aliphatic rings. The van der Waals surface area contributed by atoms with Gasteiger partial charge in [-0.05, 0) is 12.1 Å². The number of hydrogen-bond acceptors (Lipinski definition) is 4.